The topological polar surface area (TPSA) is 17.1 Å². The van der Waals surface area contributed by atoms with Gasteiger partial charge in [-0.15, -0.1) is 0 Å². The van der Waals surface area contributed by atoms with Crippen LogP contribution >= 0.6 is 43.5 Å². The van der Waals surface area contributed by atoms with Crippen LogP contribution in [0.5, 0.6) is 0 Å². The Bertz CT molecular complexity index is 312. The first-order valence-corrected chi connectivity index (χ1v) is 5.48. The van der Waals surface area contributed by atoms with Gasteiger partial charge >= 0.3 is 0 Å². The molecular formula is C8H5Br2ClO. The van der Waals surface area contributed by atoms with Crippen LogP contribution in [0.1, 0.15) is 15.9 Å². The first-order chi connectivity index (χ1) is 5.65. The van der Waals surface area contributed by atoms with Crippen molar-refractivity contribution in [1.82, 2.24) is 0 Å². The smallest absolute Gasteiger partial charge is 0.252 e. The third kappa shape index (κ3) is 2.31. The molecule has 0 fully saturated rings. The third-order valence-corrected chi connectivity index (χ3v) is 3.01. The van der Waals surface area contributed by atoms with E-state index >= 15 is 0 Å². The summed E-state index contributed by atoms with van der Waals surface area (Å²) in [6, 6.07) is 5.26. The van der Waals surface area contributed by atoms with E-state index in [0.29, 0.717) is 10.9 Å². The summed E-state index contributed by atoms with van der Waals surface area (Å²) < 4.78 is 0.973. The molecule has 0 aromatic heterocycles. The average Bonchev–Trinajstić information content (AvgIpc) is 2.05. The van der Waals surface area contributed by atoms with Crippen molar-refractivity contribution in [1.29, 1.82) is 0 Å². The van der Waals surface area contributed by atoms with Crippen LogP contribution in [0.15, 0.2) is 22.7 Å². The van der Waals surface area contributed by atoms with Gasteiger partial charge in [0.2, 0.25) is 0 Å². The molecule has 0 atom stereocenters. The zero-order valence-electron chi connectivity index (χ0n) is 5.98. The highest BCUT2D eigenvalue weighted by Gasteiger charge is 2.04. The Morgan fingerprint density at radius 1 is 1.50 bits per heavy atom. The zero-order chi connectivity index (χ0) is 9.14. The van der Waals surface area contributed by atoms with E-state index in [4.69, 9.17) is 11.6 Å². The lowest BCUT2D eigenvalue weighted by molar-refractivity contribution is 0.108. The second kappa shape index (κ2) is 4.40. The molecule has 1 aromatic carbocycles. The standard InChI is InChI=1S/C8H5Br2ClO/c9-4-6-3-5(8(11)12)1-2-7(6)10/h1-3H,4H2. The van der Waals surface area contributed by atoms with E-state index in [-0.39, 0.29) is 0 Å². The molecule has 1 aromatic rings. The number of hydrogen-bond donors (Lipinski definition) is 0. The van der Waals surface area contributed by atoms with E-state index in [9.17, 15) is 4.79 Å². The largest absolute Gasteiger partial charge is 0.276 e. The first-order valence-electron chi connectivity index (χ1n) is 3.19. The predicted octanol–water partition coefficient (Wildman–Crippen LogP) is 3.72. The number of benzene rings is 1. The summed E-state index contributed by atoms with van der Waals surface area (Å²) in [6.07, 6.45) is 0. The molecule has 0 amide bonds. The van der Waals surface area contributed by atoms with Crippen molar-refractivity contribution in [2.75, 3.05) is 0 Å². The van der Waals surface area contributed by atoms with Crippen molar-refractivity contribution < 1.29 is 4.79 Å². The Hall–Kier alpha value is 0.140. The van der Waals surface area contributed by atoms with Gasteiger partial charge in [-0.25, -0.2) is 0 Å². The van der Waals surface area contributed by atoms with Gasteiger partial charge < -0.3 is 0 Å². The Kier molecular flexibility index (Phi) is 3.75. The maximum absolute atomic E-state index is 10.8. The SMILES string of the molecule is O=C(Cl)c1ccc(Br)c(CBr)c1. The summed E-state index contributed by atoms with van der Waals surface area (Å²) in [5.74, 6) is 0. The minimum Gasteiger partial charge on any atom is -0.276 e. The van der Waals surface area contributed by atoms with Crippen molar-refractivity contribution >= 4 is 48.7 Å². The highest BCUT2D eigenvalue weighted by atomic mass is 79.9. The normalized spacial score (nSPS) is 9.92. The summed E-state index contributed by atoms with van der Waals surface area (Å²) >= 11 is 12.0. The van der Waals surface area contributed by atoms with Gasteiger partial charge in [-0.05, 0) is 35.4 Å². The summed E-state index contributed by atoms with van der Waals surface area (Å²) in [6.45, 7) is 0. The number of hydrogen-bond acceptors (Lipinski definition) is 1. The van der Waals surface area contributed by atoms with Crippen molar-refractivity contribution in [3.8, 4) is 0 Å². The molecule has 64 valence electrons. The van der Waals surface area contributed by atoms with Crippen LogP contribution in [0.2, 0.25) is 0 Å². The lowest BCUT2D eigenvalue weighted by Gasteiger charge is -2.00. The van der Waals surface area contributed by atoms with Crippen LogP contribution in [-0.2, 0) is 5.33 Å². The van der Waals surface area contributed by atoms with E-state index < -0.39 is 5.24 Å². The van der Waals surface area contributed by atoms with Crippen LogP contribution in [0.4, 0.5) is 0 Å². The molecule has 1 nitrogen and oxygen atoms in total. The number of alkyl halides is 1. The quantitative estimate of drug-likeness (QED) is 0.601. The van der Waals surface area contributed by atoms with E-state index in [2.05, 4.69) is 31.9 Å². The minimum atomic E-state index is -0.426. The lowest BCUT2D eigenvalue weighted by Crippen LogP contribution is -1.90. The predicted molar refractivity (Wildman–Crippen MR) is 57.0 cm³/mol. The molecule has 0 radical (unpaired) electrons. The molecule has 1 rings (SSSR count). The van der Waals surface area contributed by atoms with Crippen LogP contribution in [-0.4, -0.2) is 5.24 Å². The number of carbonyl (C=O) groups excluding carboxylic acids is 1. The molecule has 0 heterocycles. The van der Waals surface area contributed by atoms with Crippen LogP contribution in [0.3, 0.4) is 0 Å². The Morgan fingerprint density at radius 3 is 2.67 bits per heavy atom. The molecule has 0 bridgehead atoms. The van der Waals surface area contributed by atoms with Crippen LogP contribution < -0.4 is 0 Å². The molecule has 0 unspecified atom stereocenters. The summed E-state index contributed by atoms with van der Waals surface area (Å²) in [7, 11) is 0. The highest BCUT2D eigenvalue weighted by Crippen LogP contribution is 2.21. The maximum Gasteiger partial charge on any atom is 0.252 e. The Morgan fingerprint density at radius 2 is 2.17 bits per heavy atom. The van der Waals surface area contributed by atoms with Gasteiger partial charge in [-0.1, -0.05) is 31.9 Å². The molecule has 4 heteroatoms. The minimum absolute atomic E-state index is 0.426. The second-order valence-electron chi connectivity index (χ2n) is 2.21. The van der Waals surface area contributed by atoms with Crippen molar-refractivity contribution in [3.63, 3.8) is 0 Å². The van der Waals surface area contributed by atoms with Gasteiger partial charge in [-0.3, -0.25) is 4.79 Å². The molecule has 0 saturated heterocycles. The van der Waals surface area contributed by atoms with Gasteiger partial charge in [0.25, 0.3) is 5.24 Å². The van der Waals surface area contributed by atoms with E-state index in [1.807, 2.05) is 6.07 Å². The number of carbonyl (C=O) groups is 1. The fourth-order valence-electron chi connectivity index (χ4n) is 0.799. The van der Waals surface area contributed by atoms with Gasteiger partial charge in [0.05, 0.1) is 0 Å². The van der Waals surface area contributed by atoms with Gasteiger partial charge in [0, 0.05) is 15.4 Å². The Balaban J connectivity index is 3.13. The molecule has 0 aliphatic carbocycles. The van der Waals surface area contributed by atoms with E-state index in [0.717, 1.165) is 10.0 Å². The number of halogens is 3. The van der Waals surface area contributed by atoms with Crippen molar-refractivity contribution in [2.45, 2.75) is 5.33 Å². The average molecular weight is 312 g/mol. The highest BCUT2D eigenvalue weighted by molar-refractivity contribution is 9.10. The summed E-state index contributed by atoms with van der Waals surface area (Å²) in [4.78, 5) is 10.8. The summed E-state index contributed by atoms with van der Waals surface area (Å²) in [5.41, 5.74) is 1.54. The number of rotatable bonds is 2. The lowest BCUT2D eigenvalue weighted by atomic mass is 10.2. The van der Waals surface area contributed by atoms with E-state index in [1.54, 1.807) is 12.1 Å². The molecular weight excluding hydrogens is 307 g/mol. The maximum atomic E-state index is 10.8. The van der Waals surface area contributed by atoms with Gasteiger partial charge in [0.15, 0.2) is 0 Å². The van der Waals surface area contributed by atoms with Crippen LogP contribution in [0, 0.1) is 0 Å². The fraction of sp³-hybridized carbons (Fsp3) is 0.125. The Labute approximate surface area is 92.4 Å². The van der Waals surface area contributed by atoms with Gasteiger partial charge in [0.1, 0.15) is 0 Å². The molecule has 0 aliphatic rings. The molecule has 0 aliphatic heterocycles. The second-order valence-corrected chi connectivity index (χ2v) is 3.97. The van der Waals surface area contributed by atoms with Gasteiger partial charge in [-0.2, -0.15) is 0 Å². The van der Waals surface area contributed by atoms with E-state index in [1.165, 1.54) is 0 Å². The fourth-order valence-corrected chi connectivity index (χ4v) is 2.14. The van der Waals surface area contributed by atoms with Crippen molar-refractivity contribution in [2.24, 2.45) is 0 Å². The monoisotopic (exact) mass is 310 g/mol. The zero-order valence-corrected chi connectivity index (χ0v) is 9.91. The van der Waals surface area contributed by atoms with Crippen molar-refractivity contribution in [3.05, 3.63) is 33.8 Å². The molecule has 12 heavy (non-hydrogen) atoms. The summed E-state index contributed by atoms with van der Waals surface area (Å²) in [5, 5.41) is 0.274. The third-order valence-electron chi connectivity index (χ3n) is 1.42. The molecule has 0 N–H and O–H groups in total. The van der Waals surface area contributed by atoms with Crippen LogP contribution in [0.25, 0.3) is 0 Å². The molecule has 0 saturated carbocycles. The first kappa shape index (κ1) is 10.2. The molecule has 0 spiro atoms.